The molecule has 0 unspecified atom stereocenters. The molecule has 2 N–H and O–H groups in total. The number of nitrogens with zero attached hydrogens (tertiary/aromatic N) is 2. The van der Waals surface area contributed by atoms with Crippen LogP contribution in [0.15, 0.2) is 17.1 Å². The van der Waals surface area contributed by atoms with Crippen LogP contribution >= 0.6 is 0 Å². The number of carbonyl (C=O) groups is 1. The van der Waals surface area contributed by atoms with Crippen molar-refractivity contribution in [1.82, 2.24) is 10.2 Å². The van der Waals surface area contributed by atoms with Crippen LogP contribution < -0.4 is 15.4 Å². The number of halogens is 1. The van der Waals surface area contributed by atoms with Gasteiger partial charge in [0.05, 0.1) is 24.0 Å². The van der Waals surface area contributed by atoms with Gasteiger partial charge >= 0.3 is 0 Å². The molecule has 0 aliphatic carbocycles. The minimum atomic E-state index is -0.613. The summed E-state index contributed by atoms with van der Waals surface area (Å²) in [6.07, 6.45) is 4.45. The van der Waals surface area contributed by atoms with Crippen molar-refractivity contribution in [2.24, 2.45) is 10.9 Å². The van der Waals surface area contributed by atoms with Gasteiger partial charge in [-0.25, -0.2) is 4.39 Å². The van der Waals surface area contributed by atoms with Crippen molar-refractivity contribution in [3.05, 3.63) is 23.5 Å². The van der Waals surface area contributed by atoms with E-state index in [-0.39, 0.29) is 18.3 Å². The van der Waals surface area contributed by atoms with Gasteiger partial charge in [0.15, 0.2) is 6.29 Å². The Kier molecular flexibility index (Phi) is 8.66. The predicted molar refractivity (Wildman–Crippen MR) is 125 cm³/mol. The summed E-state index contributed by atoms with van der Waals surface area (Å²) < 4.78 is 31.9. The first-order valence-corrected chi connectivity index (χ1v) is 11.9. The van der Waals surface area contributed by atoms with E-state index in [9.17, 15) is 9.18 Å². The Labute approximate surface area is 194 Å². The normalized spacial score (nSPS) is 21.6. The highest BCUT2D eigenvalue weighted by molar-refractivity contribution is 6.00. The number of hydrogen-bond donors (Lipinski definition) is 2. The van der Waals surface area contributed by atoms with Gasteiger partial charge in [-0.3, -0.25) is 14.7 Å². The third-order valence-electron chi connectivity index (χ3n) is 6.81. The molecular formula is C24H35FN4O4. The smallest absolute Gasteiger partial charge is 0.155 e. The predicted octanol–water partition coefficient (Wildman–Crippen LogP) is 2.34. The van der Waals surface area contributed by atoms with Gasteiger partial charge < -0.3 is 24.8 Å². The largest absolute Gasteiger partial charge is 0.493 e. The standard InChI is InChI=1S/C24H35FN4O4/c1-26-24(16-33-19-4-8-31-9-5-19)28-23-11-20(10-22(25)21(23)14-30)32-15-17-2-6-29(7-3-17)18-12-27-13-18/h10-11,14,17-19,27H,2-9,12-13,15-16H2,1H3,(H,26,28). The minimum Gasteiger partial charge on any atom is -0.493 e. The van der Waals surface area contributed by atoms with Gasteiger partial charge in [0.2, 0.25) is 0 Å². The first kappa shape index (κ1) is 24.1. The molecule has 9 heteroatoms. The number of aldehydes is 1. The van der Waals surface area contributed by atoms with Gasteiger partial charge in [-0.05, 0) is 44.7 Å². The van der Waals surface area contributed by atoms with E-state index in [1.165, 1.54) is 6.07 Å². The van der Waals surface area contributed by atoms with Crippen molar-refractivity contribution in [3.63, 3.8) is 0 Å². The Bertz CT molecular complexity index is 819. The quantitative estimate of drug-likeness (QED) is 0.331. The third-order valence-corrected chi connectivity index (χ3v) is 6.81. The first-order chi connectivity index (χ1) is 16.2. The number of aliphatic imine (C=N–C) groups is 1. The lowest BCUT2D eigenvalue weighted by Crippen LogP contribution is -2.58. The molecule has 3 aliphatic rings. The lowest BCUT2D eigenvalue weighted by atomic mass is 9.95. The van der Waals surface area contributed by atoms with E-state index < -0.39 is 5.82 Å². The maximum Gasteiger partial charge on any atom is 0.155 e. The number of benzene rings is 1. The van der Waals surface area contributed by atoms with Crippen molar-refractivity contribution in [2.75, 3.05) is 65.0 Å². The highest BCUT2D eigenvalue weighted by Gasteiger charge is 2.28. The van der Waals surface area contributed by atoms with E-state index in [1.54, 1.807) is 13.1 Å². The van der Waals surface area contributed by atoms with Crippen LogP contribution in [0.1, 0.15) is 36.0 Å². The molecule has 0 atom stereocenters. The summed E-state index contributed by atoms with van der Waals surface area (Å²) in [4.78, 5) is 18.3. The SMILES string of the molecule is CN=C(COC1CCOCC1)Nc1cc(OCC2CCN(C3CNC3)CC2)cc(F)c1C=O. The monoisotopic (exact) mass is 462 g/mol. The lowest BCUT2D eigenvalue weighted by Gasteiger charge is -2.42. The van der Waals surface area contributed by atoms with Gasteiger partial charge in [0, 0.05) is 51.5 Å². The van der Waals surface area contributed by atoms with Crippen LogP contribution in [0, 0.1) is 11.7 Å². The summed E-state index contributed by atoms with van der Waals surface area (Å²) in [5, 5.41) is 6.39. The Balaban J connectivity index is 1.32. The minimum absolute atomic E-state index is 0.0445. The average molecular weight is 463 g/mol. The molecule has 0 radical (unpaired) electrons. The summed E-state index contributed by atoms with van der Waals surface area (Å²) in [6.45, 7) is 6.49. The zero-order chi connectivity index (χ0) is 23.0. The molecule has 3 saturated heterocycles. The number of carbonyl (C=O) groups excluding carboxylic acids is 1. The molecule has 8 nitrogen and oxygen atoms in total. The van der Waals surface area contributed by atoms with E-state index in [1.807, 2.05) is 0 Å². The summed E-state index contributed by atoms with van der Waals surface area (Å²) >= 11 is 0. The summed E-state index contributed by atoms with van der Waals surface area (Å²) in [5.74, 6) is 0.768. The Hall–Kier alpha value is -2.07. The second kappa shape index (κ2) is 11.9. The van der Waals surface area contributed by atoms with Crippen molar-refractivity contribution >= 4 is 17.8 Å². The molecule has 3 heterocycles. The topological polar surface area (TPSA) is 84.4 Å². The molecule has 0 amide bonds. The number of rotatable bonds is 9. The van der Waals surface area contributed by atoms with E-state index in [4.69, 9.17) is 14.2 Å². The van der Waals surface area contributed by atoms with Crippen LogP contribution in [-0.2, 0) is 9.47 Å². The van der Waals surface area contributed by atoms with Gasteiger partial charge in [-0.15, -0.1) is 0 Å². The molecule has 0 bridgehead atoms. The molecular weight excluding hydrogens is 427 g/mol. The van der Waals surface area contributed by atoms with Gasteiger partial charge in [-0.1, -0.05) is 0 Å². The Morgan fingerprint density at radius 1 is 1.27 bits per heavy atom. The van der Waals surface area contributed by atoms with Crippen molar-refractivity contribution in [3.8, 4) is 5.75 Å². The van der Waals surface area contributed by atoms with Gasteiger partial charge in [0.1, 0.15) is 24.0 Å². The second-order valence-corrected chi connectivity index (χ2v) is 9.00. The summed E-state index contributed by atoms with van der Waals surface area (Å²) in [7, 11) is 1.64. The van der Waals surface area contributed by atoms with Crippen molar-refractivity contribution in [1.29, 1.82) is 0 Å². The molecule has 33 heavy (non-hydrogen) atoms. The summed E-state index contributed by atoms with van der Waals surface area (Å²) in [5.41, 5.74) is 0.292. The number of hydrogen-bond acceptors (Lipinski definition) is 7. The molecule has 0 aromatic heterocycles. The third kappa shape index (κ3) is 6.50. The van der Waals surface area contributed by atoms with Crippen LogP contribution in [0.4, 0.5) is 10.1 Å². The van der Waals surface area contributed by atoms with Crippen LogP contribution in [0.2, 0.25) is 0 Å². The molecule has 0 saturated carbocycles. The lowest BCUT2D eigenvalue weighted by molar-refractivity contribution is -0.0189. The van der Waals surface area contributed by atoms with E-state index >= 15 is 0 Å². The number of likely N-dealkylation sites (tertiary alicyclic amines) is 1. The molecule has 0 spiro atoms. The van der Waals surface area contributed by atoms with E-state index in [0.29, 0.717) is 55.3 Å². The molecule has 3 aliphatic heterocycles. The number of piperidine rings is 1. The second-order valence-electron chi connectivity index (χ2n) is 9.00. The van der Waals surface area contributed by atoms with Crippen molar-refractivity contribution in [2.45, 2.75) is 37.8 Å². The number of anilines is 1. The van der Waals surface area contributed by atoms with Gasteiger partial charge in [0.25, 0.3) is 0 Å². The Morgan fingerprint density at radius 2 is 2.03 bits per heavy atom. The first-order valence-electron chi connectivity index (χ1n) is 11.9. The van der Waals surface area contributed by atoms with Gasteiger partial charge in [-0.2, -0.15) is 0 Å². The van der Waals surface area contributed by atoms with E-state index in [2.05, 4.69) is 20.5 Å². The molecule has 4 rings (SSSR count). The molecule has 182 valence electrons. The maximum absolute atomic E-state index is 14.6. The Morgan fingerprint density at radius 3 is 2.67 bits per heavy atom. The van der Waals surface area contributed by atoms with Crippen LogP contribution in [0.25, 0.3) is 0 Å². The summed E-state index contributed by atoms with van der Waals surface area (Å²) in [6, 6.07) is 3.63. The van der Waals surface area contributed by atoms with Crippen LogP contribution in [-0.4, -0.2) is 88.8 Å². The average Bonchev–Trinajstić information content (AvgIpc) is 2.80. The molecule has 1 aromatic carbocycles. The zero-order valence-corrected chi connectivity index (χ0v) is 19.4. The fourth-order valence-corrected chi connectivity index (χ4v) is 4.48. The maximum atomic E-state index is 14.6. The fourth-order valence-electron chi connectivity index (χ4n) is 4.48. The van der Waals surface area contributed by atoms with E-state index in [0.717, 1.165) is 51.9 Å². The highest BCUT2D eigenvalue weighted by Crippen LogP contribution is 2.27. The highest BCUT2D eigenvalue weighted by atomic mass is 19.1. The van der Waals surface area contributed by atoms with Crippen LogP contribution in [0.3, 0.4) is 0 Å². The number of nitrogens with one attached hydrogen (secondary N) is 2. The molecule has 3 fully saturated rings. The number of amidine groups is 1. The number of ether oxygens (including phenoxy) is 3. The molecule has 1 aromatic rings. The van der Waals surface area contributed by atoms with Crippen LogP contribution in [0.5, 0.6) is 5.75 Å². The van der Waals surface area contributed by atoms with Crippen molar-refractivity contribution < 1.29 is 23.4 Å². The fraction of sp³-hybridized carbons (Fsp3) is 0.667. The zero-order valence-electron chi connectivity index (χ0n) is 19.4.